The van der Waals surface area contributed by atoms with Crippen LogP contribution in [0, 0.1) is 11.6 Å². The van der Waals surface area contributed by atoms with Gasteiger partial charge in [0.25, 0.3) is 0 Å². The van der Waals surface area contributed by atoms with Crippen molar-refractivity contribution in [3.63, 3.8) is 0 Å². The maximum Gasteiger partial charge on any atom is 0.170 e. The molecule has 3 nitrogen and oxygen atoms in total. The number of halogens is 4. The molecule has 0 aliphatic carbocycles. The number of nitrogens with zero attached hydrogens (tertiary/aromatic N) is 3. The lowest BCUT2D eigenvalue weighted by atomic mass is 10.1. The van der Waals surface area contributed by atoms with Gasteiger partial charge in [-0.1, -0.05) is 31.9 Å². The fourth-order valence-electron chi connectivity index (χ4n) is 2.03. The number of aromatic nitrogens is 3. The smallest absolute Gasteiger partial charge is 0.170 e. The first-order chi connectivity index (χ1) is 9.25. The molecule has 0 radical (unpaired) electrons. The highest BCUT2D eigenvalue weighted by atomic mass is 79.9. The zero-order valence-corrected chi connectivity index (χ0v) is 14.4. The van der Waals surface area contributed by atoms with Crippen molar-refractivity contribution < 1.29 is 8.78 Å². The van der Waals surface area contributed by atoms with Gasteiger partial charge in [0.2, 0.25) is 0 Å². The van der Waals surface area contributed by atoms with Gasteiger partial charge in [0.05, 0.1) is 10.9 Å². The van der Waals surface area contributed by atoms with E-state index in [0.717, 1.165) is 0 Å². The van der Waals surface area contributed by atoms with E-state index in [1.807, 2.05) is 20.8 Å². The van der Waals surface area contributed by atoms with Crippen LogP contribution in [-0.4, -0.2) is 14.8 Å². The van der Waals surface area contributed by atoms with E-state index in [4.69, 9.17) is 0 Å². The van der Waals surface area contributed by atoms with Gasteiger partial charge in [0.15, 0.2) is 5.82 Å². The van der Waals surface area contributed by atoms with Gasteiger partial charge in [0, 0.05) is 10.0 Å². The van der Waals surface area contributed by atoms with E-state index < -0.39 is 17.2 Å². The average molecular weight is 409 g/mol. The van der Waals surface area contributed by atoms with Crippen molar-refractivity contribution in [3.05, 3.63) is 34.1 Å². The second-order valence-electron chi connectivity index (χ2n) is 5.32. The molecule has 0 saturated carbocycles. The van der Waals surface area contributed by atoms with Crippen LogP contribution in [0.25, 0.3) is 11.4 Å². The Bertz CT molecular complexity index is 625. The van der Waals surface area contributed by atoms with Crippen LogP contribution < -0.4 is 0 Å². The summed E-state index contributed by atoms with van der Waals surface area (Å²) >= 11 is 6.38. The summed E-state index contributed by atoms with van der Waals surface area (Å²) < 4.78 is 30.3. The molecule has 7 heteroatoms. The Hall–Kier alpha value is -0.820. The molecule has 0 fully saturated rings. The predicted octanol–water partition coefficient (Wildman–Crippen LogP) is 4.64. The Morgan fingerprint density at radius 2 is 1.70 bits per heavy atom. The summed E-state index contributed by atoms with van der Waals surface area (Å²) in [5, 5.41) is 8.42. The van der Waals surface area contributed by atoms with Gasteiger partial charge < -0.3 is 4.57 Å². The number of rotatable bonds is 2. The topological polar surface area (TPSA) is 30.7 Å². The third kappa shape index (κ3) is 2.79. The minimum absolute atomic E-state index is 0.164. The normalized spacial score (nSPS) is 11.9. The van der Waals surface area contributed by atoms with Crippen LogP contribution >= 0.6 is 31.9 Å². The summed E-state index contributed by atoms with van der Waals surface area (Å²) in [5.41, 5.74) is -0.559. The molecule has 2 aromatic rings. The van der Waals surface area contributed by atoms with Crippen molar-refractivity contribution in [2.75, 3.05) is 0 Å². The second kappa shape index (κ2) is 5.52. The number of hydrogen-bond donors (Lipinski definition) is 0. The molecule has 0 aliphatic heterocycles. The summed E-state index contributed by atoms with van der Waals surface area (Å²) in [6, 6.07) is 2.43. The van der Waals surface area contributed by atoms with Crippen molar-refractivity contribution in [3.8, 4) is 11.4 Å². The van der Waals surface area contributed by atoms with Gasteiger partial charge in [-0.15, -0.1) is 10.2 Å². The number of benzene rings is 1. The summed E-state index contributed by atoms with van der Waals surface area (Å²) in [6.45, 7) is 5.79. The Kier molecular flexibility index (Phi) is 4.30. The summed E-state index contributed by atoms with van der Waals surface area (Å²) in [4.78, 5) is 0. The third-order valence-corrected chi connectivity index (χ3v) is 3.71. The molecule has 1 aromatic heterocycles. The van der Waals surface area contributed by atoms with Crippen LogP contribution in [0.1, 0.15) is 26.6 Å². The SMILES string of the molecule is CC(C)(C)n1c(CBr)nnc1-c1c(F)cc(Br)cc1F. The minimum atomic E-state index is -0.670. The molecule has 0 unspecified atom stereocenters. The maximum atomic E-state index is 14.1. The molecule has 0 atom stereocenters. The number of hydrogen-bond acceptors (Lipinski definition) is 2. The Labute approximate surface area is 132 Å². The van der Waals surface area contributed by atoms with Crippen LogP contribution in [0.15, 0.2) is 16.6 Å². The number of alkyl halides is 1. The van der Waals surface area contributed by atoms with E-state index in [1.165, 1.54) is 12.1 Å². The van der Waals surface area contributed by atoms with Gasteiger partial charge >= 0.3 is 0 Å². The van der Waals surface area contributed by atoms with Crippen LogP contribution in [0.2, 0.25) is 0 Å². The van der Waals surface area contributed by atoms with E-state index in [9.17, 15) is 8.78 Å². The molecule has 0 saturated heterocycles. The van der Waals surface area contributed by atoms with Crippen molar-refractivity contribution in [2.45, 2.75) is 31.6 Å². The third-order valence-electron chi connectivity index (χ3n) is 2.75. The fourth-order valence-corrected chi connectivity index (χ4v) is 2.79. The molecule has 0 N–H and O–H groups in total. The van der Waals surface area contributed by atoms with Crippen LogP contribution in [0.3, 0.4) is 0 Å². The zero-order valence-electron chi connectivity index (χ0n) is 11.2. The van der Waals surface area contributed by atoms with E-state index in [-0.39, 0.29) is 11.4 Å². The van der Waals surface area contributed by atoms with E-state index >= 15 is 0 Å². The van der Waals surface area contributed by atoms with Crippen molar-refractivity contribution in [2.24, 2.45) is 0 Å². The lowest BCUT2D eigenvalue weighted by Gasteiger charge is -2.24. The largest absolute Gasteiger partial charge is 0.305 e. The maximum absolute atomic E-state index is 14.1. The predicted molar refractivity (Wildman–Crippen MR) is 80.7 cm³/mol. The highest BCUT2D eigenvalue weighted by molar-refractivity contribution is 9.10. The van der Waals surface area contributed by atoms with Crippen molar-refractivity contribution in [1.29, 1.82) is 0 Å². The molecule has 20 heavy (non-hydrogen) atoms. The second-order valence-corrected chi connectivity index (χ2v) is 6.80. The first-order valence-corrected chi connectivity index (χ1v) is 7.82. The summed E-state index contributed by atoms with van der Waals surface area (Å²) in [7, 11) is 0. The molecule has 1 aromatic carbocycles. The monoisotopic (exact) mass is 407 g/mol. The lowest BCUT2D eigenvalue weighted by Crippen LogP contribution is -2.25. The van der Waals surface area contributed by atoms with Crippen LogP contribution in [0.4, 0.5) is 8.78 Å². The highest BCUT2D eigenvalue weighted by Gasteiger charge is 2.27. The first kappa shape index (κ1) is 15.6. The van der Waals surface area contributed by atoms with Gasteiger partial charge in [-0.2, -0.15) is 0 Å². The van der Waals surface area contributed by atoms with Gasteiger partial charge in [-0.25, -0.2) is 8.78 Å². The first-order valence-electron chi connectivity index (χ1n) is 5.91. The molecule has 1 heterocycles. The molecular formula is C13H13Br2F2N3. The Balaban J connectivity index is 2.75. The average Bonchev–Trinajstić information content (AvgIpc) is 2.70. The quantitative estimate of drug-likeness (QED) is 0.678. The summed E-state index contributed by atoms with van der Waals surface area (Å²) in [6.07, 6.45) is 0. The van der Waals surface area contributed by atoms with E-state index in [1.54, 1.807) is 4.57 Å². The molecule has 2 rings (SSSR count). The standard InChI is InChI=1S/C13H13Br2F2N3/c1-13(2,3)20-10(6-14)18-19-12(20)11-8(16)4-7(15)5-9(11)17/h4-5H,6H2,1-3H3. The zero-order chi connectivity index (χ0) is 15.1. The molecule has 0 spiro atoms. The van der Waals surface area contributed by atoms with Crippen molar-refractivity contribution >= 4 is 31.9 Å². The van der Waals surface area contributed by atoms with Crippen LogP contribution in [-0.2, 0) is 10.9 Å². The Morgan fingerprint density at radius 3 is 2.15 bits per heavy atom. The van der Waals surface area contributed by atoms with Gasteiger partial charge in [-0.3, -0.25) is 0 Å². The molecule has 0 bridgehead atoms. The fraction of sp³-hybridized carbons (Fsp3) is 0.385. The van der Waals surface area contributed by atoms with E-state index in [0.29, 0.717) is 15.6 Å². The highest BCUT2D eigenvalue weighted by Crippen LogP contribution is 2.32. The lowest BCUT2D eigenvalue weighted by molar-refractivity contribution is 0.389. The summed E-state index contributed by atoms with van der Waals surface area (Å²) in [5.74, 6) is -0.532. The van der Waals surface area contributed by atoms with E-state index in [2.05, 4.69) is 42.1 Å². The molecule has 0 amide bonds. The van der Waals surface area contributed by atoms with Crippen molar-refractivity contribution in [1.82, 2.24) is 14.8 Å². The van der Waals surface area contributed by atoms with Gasteiger partial charge in [-0.05, 0) is 32.9 Å². The van der Waals surface area contributed by atoms with Crippen LogP contribution in [0.5, 0.6) is 0 Å². The molecule has 108 valence electrons. The Morgan fingerprint density at radius 1 is 1.15 bits per heavy atom. The molecule has 0 aliphatic rings. The molecular weight excluding hydrogens is 396 g/mol. The van der Waals surface area contributed by atoms with Gasteiger partial charge in [0.1, 0.15) is 17.5 Å². The minimum Gasteiger partial charge on any atom is -0.305 e.